The third kappa shape index (κ3) is 3.27. The molecule has 3 rings (SSSR count). The molecule has 1 spiro atoms. The van der Waals surface area contributed by atoms with Crippen LogP contribution in [0.1, 0.15) is 54.4 Å². The Kier molecular flexibility index (Phi) is 4.27. The van der Waals surface area contributed by atoms with E-state index in [-0.39, 0.29) is 5.60 Å². The van der Waals surface area contributed by atoms with Gasteiger partial charge in [-0.15, -0.1) is 11.8 Å². The maximum atomic E-state index is 11.2. The molecular formula is C17H22O3S. The van der Waals surface area contributed by atoms with Gasteiger partial charge in [-0.05, 0) is 50.3 Å². The number of ether oxygens (including phenoxy) is 1. The Morgan fingerprint density at radius 3 is 2.86 bits per heavy atom. The largest absolute Gasteiger partial charge is 0.478 e. The molecular weight excluding hydrogens is 284 g/mol. The van der Waals surface area contributed by atoms with Crippen molar-refractivity contribution < 1.29 is 14.6 Å². The van der Waals surface area contributed by atoms with Crippen molar-refractivity contribution in [3.63, 3.8) is 0 Å². The van der Waals surface area contributed by atoms with E-state index >= 15 is 0 Å². The molecule has 21 heavy (non-hydrogen) atoms. The van der Waals surface area contributed by atoms with Crippen LogP contribution >= 0.6 is 11.8 Å². The lowest BCUT2D eigenvalue weighted by molar-refractivity contribution is -0.0267. The average Bonchev–Trinajstić information content (AvgIpc) is 3.08. The summed E-state index contributed by atoms with van der Waals surface area (Å²) in [5.41, 5.74) is 1.40. The van der Waals surface area contributed by atoms with Gasteiger partial charge in [-0.2, -0.15) is 0 Å². The minimum atomic E-state index is -0.850. The number of hydrogen-bond acceptors (Lipinski definition) is 3. The second kappa shape index (κ2) is 6.01. The number of benzene rings is 1. The Hall–Kier alpha value is -1.00. The Bertz CT molecular complexity index is 535. The molecule has 114 valence electrons. The molecule has 3 nitrogen and oxygen atoms in total. The van der Waals surface area contributed by atoms with Crippen molar-refractivity contribution in [2.45, 2.75) is 62.0 Å². The van der Waals surface area contributed by atoms with Crippen molar-refractivity contribution in [2.75, 3.05) is 5.75 Å². The molecule has 0 amide bonds. The maximum absolute atomic E-state index is 11.2. The summed E-state index contributed by atoms with van der Waals surface area (Å²) >= 11 is 1.71. The van der Waals surface area contributed by atoms with Gasteiger partial charge in [0.05, 0.1) is 17.3 Å². The van der Waals surface area contributed by atoms with Crippen LogP contribution in [0.25, 0.3) is 0 Å². The zero-order valence-electron chi connectivity index (χ0n) is 12.4. The fourth-order valence-electron chi connectivity index (χ4n) is 3.51. The summed E-state index contributed by atoms with van der Waals surface area (Å²) in [4.78, 5) is 12.2. The average molecular weight is 306 g/mol. The Morgan fingerprint density at radius 2 is 2.14 bits per heavy atom. The number of aryl methyl sites for hydroxylation is 1. The molecule has 1 saturated heterocycles. The fourth-order valence-corrected chi connectivity index (χ4v) is 4.49. The highest BCUT2D eigenvalue weighted by Crippen LogP contribution is 2.44. The molecule has 0 radical (unpaired) electrons. The number of hydrogen-bond donors (Lipinski definition) is 1. The molecule has 1 aliphatic heterocycles. The first-order chi connectivity index (χ1) is 10.1. The smallest absolute Gasteiger partial charge is 0.335 e. The van der Waals surface area contributed by atoms with Crippen LogP contribution in [-0.4, -0.2) is 28.5 Å². The highest BCUT2D eigenvalue weighted by molar-refractivity contribution is 7.99. The molecule has 0 bridgehead atoms. The van der Waals surface area contributed by atoms with Gasteiger partial charge in [0.25, 0.3) is 0 Å². The number of thioether (sulfide) groups is 1. The van der Waals surface area contributed by atoms with Crippen molar-refractivity contribution in [3.8, 4) is 0 Å². The summed E-state index contributed by atoms with van der Waals surface area (Å²) in [5, 5.41) is 9.18. The predicted octanol–water partition coefficient (Wildman–Crippen LogP) is 4.28. The minimum Gasteiger partial charge on any atom is -0.478 e. The monoisotopic (exact) mass is 306 g/mol. The lowest BCUT2D eigenvalue weighted by Crippen LogP contribution is -2.25. The van der Waals surface area contributed by atoms with Crippen LogP contribution in [0.2, 0.25) is 0 Å². The lowest BCUT2D eigenvalue weighted by Gasteiger charge is -2.23. The van der Waals surface area contributed by atoms with Gasteiger partial charge in [0.1, 0.15) is 0 Å². The number of rotatable bonds is 4. The van der Waals surface area contributed by atoms with Gasteiger partial charge in [-0.3, -0.25) is 0 Å². The Morgan fingerprint density at radius 1 is 1.38 bits per heavy atom. The maximum Gasteiger partial charge on any atom is 0.335 e. The molecule has 1 saturated carbocycles. The van der Waals surface area contributed by atoms with Crippen molar-refractivity contribution in [3.05, 3.63) is 29.3 Å². The molecule has 2 aliphatic rings. The van der Waals surface area contributed by atoms with E-state index in [0.29, 0.717) is 11.7 Å². The fraction of sp³-hybridized carbons (Fsp3) is 0.588. The van der Waals surface area contributed by atoms with Crippen molar-refractivity contribution in [2.24, 2.45) is 0 Å². The van der Waals surface area contributed by atoms with Gasteiger partial charge in [0.15, 0.2) is 0 Å². The molecule has 0 aromatic heterocycles. The Labute approximate surface area is 130 Å². The molecule has 1 heterocycles. The number of carbonyl (C=O) groups is 1. The van der Waals surface area contributed by atoms with E-state index in [0.717, 1.165) is 22.6 Å². The first kappa shape index (κ1) is 14.9. The van der Waals surface area contributed by atoms with Crippen LogP contribution in [0, 0.1) is 6.92 Å². The Balaban J connectivity index is 1.58. The summed E-state index contributed by atoms with van der Waals surface area (Å²) in [6, 6.07) is 5.68. The third-order valence-corrected chi connectivity index (χ3v) is 5.85. The van der Waals surface area contributed by atoms with Crippen molar-refractivity contribution in [1.82, 2.24) is 0 Å². The predicted molar refractivity (Wildman–Crippen MR) is 84.2 cm³/mol. The van der Waals surface area contributed by atoms with Gasteiger partial charge in [0, 0.05) is 10.6 Å². The van der Waals surface area contributed by atoms with Crippen LogP contribution in [0.5, 0.6) is 0 Å². The van der Waals surface area contributed by atoms with Gasteiger partial charge in [-0.1, -0.05) is 18.9 Å². The van der Waals surface area contributed by atoms with Gasteiger partial charge >= 0.3 is 5.97 Å². The normalized spacial score (nSPS) is 23.8. The van der Waals surface area contributed by atoms with E-state index in [1.54, 1.807) is 17.8 Å². The van der Waals surface area contributed by atoms with E-state index in [2.05, 4.69) is 0 Å². The van der Waals surface area contributed by atoms with Crippen LogP contribution in [0.3, 0.4) is 0 Å². The van der Waals surface area contributed by atoms with E-state index in [4.69, 9.17) is 4.74 Å². The minimum absolute atomic E-state index is 0.185. The molecule has 1 N–H and O–H groups in total. The second-order valence-corrected chi connectivity index (χ2v) is 7.35. The van der Waals surface area contributed by atoms with Crippen LogP contribution in [-0.2, 0) is 4.74 Å². The SMILES string of the molecule is Cc1ccc(SCC2CCC3(CCCC3)O2)cc1C(=O)O. The summed E-state index contributed by atoms with van der Waals surface area (Å²) in [6.07, 6.45) is 7.73. The quantitative estimate of drug-likeness (QED) is 0.844. The second-order valence-electron chi connectivity index (χ2n) is 6.26. The van der Waals surface area contributed by atoms with E-state index in [1.807, 2.05) is 19.1 Å². The lowest BCUT2D eigenvalue weighted by atomic mass is 9.98. The van der Waals surface area contributed by atoms with E-state index in [9.17, 15) is 9.90 Å². The molecule has 1 atom stereocenters. The van der Waals surface area contributed by atoms with Crippen LogP contribution in [0.4, 0.5) is 0 Å². The molecule has 2 fully saturated rings. The molecule has 4 heteroatoms. The standard InChI is InChI=1S/C17H22O3S/c1-12-4-5-14(10-15(12)16(18)19)21-11-13-6-9-17(20-13)7-2-3-8-17/h4-5,10,13H,2-3,6-9,11H2,1H3,(H,18,19). The van der Waals surface area contributed by atoms with Gasteiger partial charge in [-0.25, -0.2) is 4.79 Å². The molecule has 1 aromatic carbocycles. The van der Waals surface area contributed by atoms with Crippen LogP contribution < -0.4 is 0 Å². The molecule has 1 aliphatic carbocycles. The first-order valence-corrected chi connectivity index (χ1v) is 8.71. The highest BCUT2D eigenvalue weighted by atomic mass is 32.2. The molecule has 1 aromatic rings. The molecule has 1 unspecified atom stereocenters. The van der Waals surface area contributed by atoms with Gasteiger partial charge in [0.2, 0.25) is 0 Å². The van der Waals surface area contributed by atoms with Crippen molar-refractivity contribution in [1.29, 1.82) is 0 Å². The summed E-state index contributed by atoms with van der Waals surface area (Å²) in [6.45, 7) is 1.84. The topological polar surface area (TPSA) is 46.5 Å². The van der Waals surface area contributed by atoms with Crippen molar-refractivity contribution >= 4 is 17.7 Å². The summed E-state index contributed by atoms with van der Waals surface area (Å²) in [5.74, 6) is 0.0705. The van der Waals surface area contributed by atoms with Crippen LogP contribution in [0.15, 0.2) is 23.1 Å². The summed E-state index contributed by atoms with van der Waals surface area (Å²) in [7, 11) is 0. The van der Waals surface area contributed by atoms with Gasteiger partial charge < -0.3 is 9.84 Å². The highest BCUT2D eigenvalue weighted by Gasteiger charge is 2.41. The summed E-state index contributed by atoms with van der Waals surface area (Å²) < 4.78 is 6.30. The van der Waals surface area contributed by atoms with E-state index < -0.39 is 5.97 Å². The first-order valence-electron chi connectivity index (χ1n) is 7.73. The zero-order chi connectivity index (χ0) is 14.9. The van der Waals surface area contributed by atoms with E-state index in [1.165, 1.54) is 32.1 Å². The number of aromatic carboxylic acids is 1. The zero-order valence-corrected chi connectivity index (χ0v) is 13.2. The third-order valence-electron chi connectivity index (χ3n) is 4.73. The number of carboxylic acid groups (broad SMARTS) is 1. The number of carboxylic acids is 1.